The summed E-state index contributed by atoms with van der Waals surface area (Å²) in [6, 6.07) is 15.9. The fraction of sp³-hybridized carbons (Fsp3) is 0.167. The summed E-state index contributed by atoms with van der Waals surface area (Å²) >= 11 is 5.53. The van der Waals surface area contributed by atoms with E-state index in [4.69, 9.17) is 21.7 Å². The average Bonchev–Trinajstić information content (AvgIpc) is 3.06. The van der Waals surface area contributed by atoms with Gasteiger partial charge in [0.15, 0.2) is 16.6 Å². The second-order valence-corrected chi connectivity index (χ2v) is 5.47. The lowest BCUT2D eigenvalue weighted by atomic mass is 10.2. The largest absolute Gasteiger partial charge is 0.454 e. The molecular formula is C18H18N2O2S. The molecule has 0 amide bonds. The first-order valence-electron chi connectivity index (χ1n) is 7.38. The Morgan fingerprint density at radius 1 is 1.17 bits per heavy atom. The van der Waals surface area contributed by atoms with E-state index < -0.39 is 0 Å². The summed E-state index contributed by atoms with van der Waals surface area (Å²) in [4.78, 5) is 2.01. The Morgan fingerprint density at radius 3 is 2.74 bits per heavy atom. The van der Waals surface area contributed by atoms with E-state index in [0.29, 0.717) is 18.2 Å². The molecule has 118 valence electrons. The lowest BCUT2D eigenvalue weighted by Crippen LogP contribution is -2.39. The maximum absolute atomic E-state index is 5.53. The van der Waals surface area contributed by atoms with Crippen molar-refractivity contribution < 1.29 is 9.47 Å². The standard InChI is InChI=1S/C18H18N2O2S/c1-2-10-20(15-6-4-3-5-7-15)18(23)19-12-14-8-9-16-17(11-14)22-13-21-16/h2-9,11H,1,10,12-13H2,(H,19,23). The zero-order chi connectivity index (χ0) is 16.1. The minimum Gasteiger partial charge on any atom is -0.454 e. The topological polar surface area (TPSA) is 33.7 Å². The minimum absolute atomic E-state index is 0.283. The molecule has 4 nitrogen and oxygen atoms in total. The monoisotopic (exact) mass is 326 g/mol. The van der Waals surface area contributed by atoms with Crippen molar-refractivity contribution >= 4 is 23.0 Å². The predicted molar refractivity (Wildman–Crippen MR) is 96.0 cm³/mol. The Labute approximate surface area is 141 Å². The van der Waals surface area contributed by atoms with Crippen molar-refractivity contribution in [2.75, 3.05) is 18.2 Å². The van der Waals surface area contributed by atoms with E-state index in [1.165, 1.54) is 0 Å². The van der Waals surface area contributed by atoms with Crippen LogP contribution < -0.4 is 19.7 Å². The molecule has 1 aliphatic rings. The summed E-state index contributed by atoms with van der Waals surface area (Å²) in [5, 5.41) is 3.95. The summed E-state index contributed by atoms with van der Waals surface area (Å²) in [7, 11) is 0. The number of hydrogen-bond acceptors (Lipinski definition) is 3. The predicted octanol–water partition coefficient (Wildman–Crippen LogP) is 3.48. The van der Waals surface area contributed by atoms with Crippen LogP contribution in [0.25, 0.3) is 0 Å². The molecule has 1 aliphatic heterocycles. The van der Waals surface area contributed by atoms with E-state index in [1.807, 2.05) is 59.5 Å². The van der Waals surface area contributed by atoms with Gasteiger partial charge >= 0.3 is 0 Å². The highest BCUT2D eigenvalue weighted by molar-refractivity contribution is 7.80. The van der Waals surface area contributed by atoms with Gasteiger partial charge in [-0.1, -0.05) is 30.3 Å². The number of rotatable bonds is 5. The molecule has 0 spiro atoms. The zero-order valence-corrected chi connectivity index (χ0v) is 13.5. The third-order valence-electron chi connectivity index (χ3n) is 3.51. The van der Waals surface area contributed by atoms with Gasteiger partial charge < -0.3 is 19.7 Å². The van der Waals surface area contributed by atoms with Gasteiger partial charge in [-0.15, -0.1) is 6.58 Å². The number of para-hydroxylation sites is 1. The first-order valence-corrected chi connectivity index (χ1v) is 7.78. The average molecular weight is 326 g/mol. The molecule has 1 heterocycles. The summed E-state index contributed by atoms with van der Waals surface area (Å²) < 4.78 is 10.7. The first kappa shape index (κ1) is 15.4. The van der Waals surface area contributed by atoms with Crippen molar-refractivity contribution in [1.82, 2.24) is 5.32 Å². The number of nitrogens with one attached hydrogen (secondary N) is 1. The number of thiocarbonyl (C=S) groups is 1. The number of nitrogens with zero attached hydrogens (tertiary/aromatic N) is 1. The molecule has 2 aromatic carbocycles. The van der Waals surface area contributed by atoms with Crippen LogP contribution >= 0.6 is 12.2 Å². The number of anilines is 1. The second kappa shape index (κ2) is 7.15. The molecule has 0 saturated carbocycles. The van der Waals surface area contributed by atoms with E-state index in [1.54, 1.807) is 0 Å². The molecule has 0 unspecified atom stereocenters. The smallest absolute Gasteiger partial charge is 0.231 e. The van der Waals surface area contributed by atoms with Crippen molar-refractivity contribution in [2.45, 2.75) is 6.54 Å². The third-order valence-corrected chi connectivity index (χ3v) is 3.87. The molecule has 0 fully saturated rings. The Hall–Kier alpha value is -2.53. The van der Waals surface area contributed by atoms with Crippen molar-refractivity contribution in [2.24, 2.45) is 0 Å². The molecule has 0 saturated heterocycles. The van der Waals surface area contributed by atoms with Crippen LogP contribution in [-0.4, -0.2) is 18.5 Å². The Balaban J connectivity index is 1.66. The zero-order valence-electron chi connectivity index (χ0n) is 12.7. The van der Waals surface area contributed by atoms with Crippen LogP contribution in [0.1, 0.15) is 5.56 Å². The molecule has 0 aromatic heterocycles. The molecule has 0 atom stereocenters. The Morgan fingerprint density at radius 2 is 1.96 bits per heavy atom. The van der Waals surface area contributed by atoms with Gasteiger partial charge in [-0.25, -0.2) is 0 Å². The van der Waals surface area contributed by atoms with Crippen LogP contribution in [0.4, 0.5) is 5.69 Å². The maximum Gasteiger partial charge on any atom is 0.231 e. The van der Waals surface area contributed by atoms with Gasteiger partial charge in [-0.3, -0.25) is 0 Å². The van der Waals surface area contributed by atoms with Crippen LogP contribution in [0.3, 0.4) is 0 Å². The van der Waals surface area contributed by atoms with E-state index in [2.05, 4.69) is 11.9 Å². The van der Waals surface area contributed by atoms with Gasteiger partial charge in [-0.05, 0) is 42.0 Å². The van der Waals surface area contributed by atoms with Crippen LogP contribution in [0.15, 0.2) is 61.2 Å². The van der Waals surface area contributed by atoms with E-state index in [9.17, 15) is 0 Å². The van der Waals surface area contributed by atoms with E-state index in [-0.39, 0.29) is 6.79 Å². The first-order chi connectivity index (χ1) is 11.3. The molecule has 5 heteroatoms. The third kappa shape index (κ3) is 3.63. The highest BCUT2D eigenvalue weighted by Crippen LogP contribution is 2.32. The van der Waals surface area contributed by atoms with Crippen molar-refractivity contribution in [3.8, 4) is 11.5 Å². The molecule has 0 radical (unpaired) electrons. The fourth-order valence-electron chi connectivity index (χ4n) is 2.37. The summed E-state index contributed by atoms with van der Waals surface area (Å²) in [6.45, 7) is 5.36. The number of ether oxygens (including phenoxy) is 2. The van der Waals surface area contributed by atoms with Crippen molar-refractivity contribution in [3.05, 3.63) is 66.7 Å². The summed E-state index contributed by atoms with van der Waals surface area (Å²) in [6.07, 6.45) is 1.83. The summed E-state index contributed by atoms with van der Waals surface area (Å²) in [5.41, 5.74) is 2.12. The molecule has 0 bridgehead atoms. The van der Waals surface area contributed by atoms with Gasteiger partial charge in [0.05, 0.1) is 0 Å². The highest BCUT2D eigenvalue weighted by Gasteiger charge is 2.14. The van der Waals surface area contributed by atoms with Gasteiger partial charge in [0, 0.05) is 18.8 Å². The Kier molecular flexibility index (Phi) is 4.78. The van der Waals surface area contributed by atoms with Gasteiger partial charge in [-0.2, -0.15) is 0 Å². The molecule has 23 heavy (non-hydrogen) atoms. The number of hydrogen-bond donors (Lipinski definition) is 1. The number of fused-ring (bicyclic) bond motifs is 1. The lowest BCUT2D eigenvalue weighted by Gasteiger charge is -2.24. The van der Waals surface area contributed by atoms with Gasteiger partial charge in [0.2, 0.25) is 6.79 Å². The molecule has 0 aliphatic carbocycles. The minimum atomic E-state index is 0.283. The number of benzene rings is 2. The van der Waals surface area contributed by atoms with E-state index >= 15 is 0 Å². The fourth-order valence-corrected chi connectivity index (χ4v) is 2.62. The van der Waals surface area contributed by atoms with Crippen molar-refractivity contribution in [3.63, 3.8) is 0 Å². The SMILES string of the molecule is C=CCN(C(=S)NCc1ccc2c(c1)OCO2)c1ccccc1. The van der Waals surface area contributed by atoms with Crippen LogP contribution in [0.5, 0.6) is 11.5 Å². The van der Waals surface area contributed by atoms with Gasteiger partial charge in [0.25, 0.3) is 0 Å². The molecule has 2 aromatic rings. The van der Waals surface area contributed by atoms with Crippen molar-refractivity contribution in [1.29, 1.82) is 0 Å². The Bertz CT molecular complexity index is 703. The molecule has 3 rings (SSSR count). The van der Waals surface area contributed by atoms with Crippen LogP contribution in [0.2, 0.25) is 0 Å². The summed E-state index contributed by atoms with van der Waals surface area (Å²) in [5.74, 6) is 1.56. The van der Waals surface area contributed by atoms with Crippen LogP contribution in [0, 0.1) is 0 Å². The molecule has 1 N–H and O–H groups in total. The van der Waals surface area contributed by atoms with Crippen LogP contribution in [-0.2, 0) is 6.54 Å². The quantitative estimate of drug-likeness (QED) is 0.672. The molecular weight excluding hydrogens is 308 g/mol. The normalized spacial score (nSPS) is 11.8. The second-order valence-electron chi connectivity index (χ2n) is 5.08. The lowest BCUT2D eigenvalue weighted by molar-refractivity contribution is 0.174. The maximum atomic E-state index is 5.53. The van der Waals surface area contributed by atoms with E-state index in [0.717, 1.165) is 22.7 Å². The van der Waals surface area contributed by atoms with Gasteiger partial charge in [0.1, 0.15) is 0 Å². The highest BCUT2D eigenvalue weighted by atomic mass is 32.1.